The topological polar surface area (TPSA) is 26.0 Å². The van der Waals surface area contributed by atoms with Gasteiger partial charge in [0.15, 0.2) is 0 Å². The number of hydrogen-bond acceptors (Lipinski definition) is 3. The minimum Gasteiger partial charge on any atom is -0.320 e. The Morgan fingerprint density at radius 1 is 1.25 bits per heavy atom. The van der Waals surface area contributed by atoms with E-state index in [-0.39, 0.29) is 6.04 Å². The number of aryl methyl sites for hydroxylation is 2. The molecule has 0 radical (unpaired) electrons. The van der Waals surface area contributed by atoms with E-state index in [1.54, 1.807) is 4.88 Å². The molecule has 0 spiro atoms. The summed E-state index contributed by atoms with van der Waals surface area (Å²) in [5.74, 6) is 2.42. The highest BCUT2D eigenvalue weighted by atomic mass is 32.2. The van der Waals surface area contributed by atoms with Crippen molar-refractivity contribution in [1.82, 2.24) is 0 Å². The van der Waals surface area contributed by atoms with Gasteiger partial charge in [-0.1, -0.05) is 37.6 Å². The van der Waals surface area contributed by atoms with E-state index in [4.69, 9.17) is 5.73 Å². The predicted octanol–water partition coefficient (Wildman–Crippen LogP) is 4.54. The Morgan fingerprint density at radius 3 is 2.75 bits per heavy atom. The van der Waals surface area contributed by atoms with Crippen LogP contribution in [0.2, 0.25) is 0 Å². The molecule has 2 N–H and O–H groups in total. The highest BCUT2D eigenvalue weighted by Crippen LogP contribution is 2.35. The highest BCUT2D eigenvalue weighted by molar-refractivity contribution is 7.98. The Hall–Kier alpha value is -0.770. The molecule has 1 aliphatic heterocycles. The van der Waals surface area contributed by atoms with Gasteiger partial charge in [-0.3, -0.25) is 0 Å². The normalized spacial score (nSPS) is 15.9. The van der Waals surface area contributed by atoms with Crippen molar-refractivity contribution in [1.29, 1.82) is 0 Å². The van der Waals surface area contributed by atoms with Crippen LogP contribution < -0.4 is 5.73 Å². The molecule has 3 rings (SSSR count). The molecule has 1 aromatic heterocycles. The minimum atomic E-state index is 0.0336. The van der Waals surface area contributed by atoms with E-state index >= 15 is 0 Å². The van der Waals surface area contributed by atoms with Gasteiger partial charge in [0.25, 0.3) is 0 Å². The molecule has 1 nitrogen and oxygen atoms in total. The number of thioether (sulfide) groups is 1. The lowest BCUT2D eigenvalue weighted by molar-refractivity contribution is 0.882. The maximum Gasteiger partial charge on any atom is 0.0646 e. The third-order valence-corrected chi connectivity index (χ3v) is 6.16. The lowest BCUT2D eigenvalue weighted by Crippen LogP contribution is -2.10. The number of rotatable bonds is 4. The van der Waals surface area contributed by atoms with Gasteiger partial charge in [0.05, 0.1) is 6.04 Å². The first-order valence-corrected chi connectivity index (χ1v) is 9.28. The van der Waals surface area contributed by atoms with Crippen molar-refractivity contribution in [3.05, 3.63) is 56.8 Å². The smallest absolute Gasteiger partial charge is 0.0646 e. The van der Waals surface area contributed by atoms with Crippen molar-refractivity contribution in [2.45, 2.75) is 38.0 Å². The molecule has 1 aliphatic rings. The molecule has 1 unspecified atom stereocenters. The van der Waals surface area contributed by atoms with Crippen LogP contribution in [0.25, 0.3) is 0 Å². The second-order valence-electron chi connectivity index (χ2n) is 5.37. The van der Waals surface area contributed by atoms with E-state index in [0.717, 1.165) is 12.2 Å². The summed E-state index contributed by atoms with van der Waals surface area (Å²) >= 11 is 3.95. The average Bonchev–Trinajstić information content (AvgIpc) is 2.91. The fraction of sp³-hybridized carbons (Fsp3) is 0.412. The number of fused-ring (bicyclic) bond motifs is 1. The van der Waals surface area contributed by atoms with Crippen LogP contribution in [-0.2, 0) is 18.6 Å². The first kappa shape index (κ1) is 14.2. The quantitative estimate of drug-likeness (QED) is 0.897. The van der Waals surface area contributed by atoms with Crippen molar-refractivity contribution >= 4 is 23.1 Å². The molecule has 2 aromatic rings. The van der Waals surface area contributed by atoms with Crippen molar-refractivity contribution in [2.75, 3.05) is 5.75 Å². The lowest BCUT2D eigenvalue weighted by atomic mass is 10.0. The molecule has 0 saturated carbocycles. The standard InChI is InChI=1S/C17H21NS2/c1-2-3-12-4-6-13(7-5-12)17(18)16-10-14-11-19-9-8-15(14)20-16/h4-7,10,17H,2-3,8-9,11,18H2,1H3. The lowest BCUT2D eigenvalue weighted by Gasteiger charge is -2.10. The van der Waals surface area contributed by atoms with Crippen molar-refractivity contribution < 1.29 is 0 Å². The summed E-state index contributed by atoms with van der Waals surface area (Å²) in [5.41, 5.74) is 10.6. The summed E-state index contributed by atoms with van der Waals surface area (Å²) < 4.78 is 0. The number of thiophene rings is 1. The third-order valence-electron chi connectivity index (χ3n) is 3.83. The van der Waals surface area contributed by atoms with E-state index in [2.05, 4.69) is 37.3 Å². The van der Waals surface area contributed by atoms with Crippen LogP contribution in [0.4, 0.5) is 0 Å². The van der Waals surface area contributed by atoms with E-state index in [1.807, 2.05) is 23.1 Å². The highest BCUT2D eigenvalue weighted by Gasteiger charge is 2.18. The van der Waals surface area contributed by atoms with Gasteiger partial charge in [0, 0.05) is 15.5 Å². The summed E-state index contributed by atoms with van der Waals surface area (Å²) in [6.07, 6.45) is 3.56. The van der Waals surface area contributed by atoms with E-state index in [0.29, 0.717) is 0 Å². The van der Waals surface area contributed by atoms with Gasteiger partial charge in [0.1, 0.15) is 0 Å². The monoisotopic (exact) mass is 303 g/mol. The van der Waals surface area contributed by atoms with Crippen LogP contribution in [0, 0.1) is 0 Å². The zero-order chi connectivity index (χ0) is 13.9. The van der Waals surface area contributed by atoms with Crippen LogP contribution in [0.3, 0.4) is 0 Å². The summed E-state index contributed by atoms with van der Waals surface area (Å²) in [6, 6.07) is 11.2. The Morgan fingerprint density at radius 2 is 2.05 bits per heavy atom. The molecule has 2 heterocycles. The molecule has 0 bridgehead atoms. The van der Waals surface area contributed by atoms with Crippen molar-refractivity contribution in [2.24, 2.45) is 5.73 Å². The second kappa shape index (κ2) is 6.33. The Bertz CT molecular complexity index is 548. The van der Waals surface area contributed by atoms with Crippen LogP contribution in [0.5, 0.6) is 0 Å². The van der Waals surface area contributed by atoms with Crippen LogP contribution >= 0.6 is 23.1 Å². The minimum absolute atomic E-state index is 0.0336. The van der Waals surface area contributed by atoms with Gasteiger partial charge in [-0.15, -0.1) is 11.3 Å². The van der Waals surface area contributed by atoms with Crippen molar-refractivity contribution in [3.63, 3.8) is 0 Å². The van der Waals surface area contributed by atoms with Crippen LogP contribution in [0.15, 0.2) is 30.3 Å². The van der Waals surface area contributed by atoms with E-state index in [9.17, 15) is 0 Å². The van der Waals surface area contributed by atoms with Gasteiger partial charge < -0.3 is 5.73 Å². The molecule has 0 saturated heterocycles. The Kier molecular flexibility index (Phi) is 4.49. The van der Waals surface area contributed by atoms with Crippen molar-refractivity contribution in [3.8, 4) is 0 Å². The molecule has 106 valence electrons. The summed E-state index contributed by atoms with van der Waals surface area (Å²) in [5, 5.41) is 0. The molecule has 1 atom stereocenters. The van der Waals surface area contributed by atoms with Crippen LogP contribution in [0.1, 0.15) is 45.8 Å². The first-order valence-electron chi connectivity index (χ1n) is 7.31. The second-order valence-corrected chi connectivity index (χ2v) is 7.64. The molecule has 0 amide bonds. The van der Waals surface area contributed by atoms with Crippen LogP contribution in [-0.4, -0.2) is 5.75 Å². The maximum atomic E-state index is 6.46. The zero-order valence-electron chi connectivity index (χ0n) is 11.9. The molecule has 1 aromatic carbocycles. The van der Waals surface area contributed by atoms with Gasteiger partial charge in [-0.25, -0.2) is 0 Å². The third kappa shape index (κ3) is 2.95. The average molecular weight is 303 g/mol. The largest absolute Gasteiger partial charge is 0.320 e. The summed E-state index contributed by atoms with van der Waals surface area (Å²) in [6.45, 7) is 2.22. The predicted molar refractivity (Wildman–Crippen MR) is 90.7 cm³/mol. The fourth-order valence-electron chi connectivity index (χ4n) is 2.67. The molecule has 20 heavy (non-hydrogen) atoms. The molecular weight excluding hydrogens is 282 g/mol. The summed E-state index contributed by atoms with van der Waals surface area (Å²) in [4.78, 5) is 2.87. The number of benzene rings is 1. The molecule has 3 heteroatoms. The van der Waals surface area contributed by atoms with Gasteiger partial charge in [-0.05, 0) is 41.4 Å². The maximum absolute atomic E-state index is 6.46. The SMILES string of the molecule is CCCc1ccc(C(N)c2cc3c(s2)CCSC3)cc1. The summed E-state index contributed by atoms with van der Waals surface area (Å²) in [7, 11) is 0. The number of nitrogens with two attached hydrogens (primary N) is 1. The van der Waals surface area contributed by atoms with E-state index in [1.165, 1.54) is 40.2 Å². The first-order chi connectivity index (χ1) is 9.78. The van der Waals surface area contributed by atoms with E-state index < -0.39 is 0 Å². The molecule has 0 aliphatic carbocycles. The van der Waals surface area contributed by atoms with Gasteiger partial charge >= 0.3 is 0 Å². The Labute approximate surface area is 129 Å². The van der Waals surface area contributed by atoms with Gasteiger partial charge in [0.2, 0.25) is 0 Å². The molecular formula is C17H21NS2. The zero-order valence-corrected chi connectivity index (χ0v) is 13.5. The fourth-order valence-corrected chi connectivity index (χ4v) is 5.07. The van der Waals surface area contributed by atoms with Gasteiger partial charge in [-0.2, -0.15) is 11.8 Å². The number of hydrogen-bond donors (Lipinski definition) is 1. The Balaban J connectivity index is 1.80. The molecule has 0 fully saturated rings.